The Morgan fingerprint density at radius 1 is 0.478 bits per heavy atom. The molecule has 0 aromatic heterocycles. The number of rotatable bonds is 19. The zero-order valence-corrected chi connectivity index (χ0v) is 69.3. The fourth-order valence-electron chi connectivity index (χ4n) is 15.3. The molecule has 0 bridgehead atoms. The fraction of sp³-hybridized carbons (Fsp3) is 0.825. The Labute approximate surface area is 572 Å². The van der Waals surface area contributed by atoms with Crippen molar-refractivity contribution < 1.29 is 32.0 Å². The SMILES string of the molecule is C[C@@H](OCCC(C)(C)C)C1CCC2/C(=C/C=C3C[C@@H](O[Si](C)(C)C(C)(C)C)C(=CC#N)[C@H](O[Si](C)(C)C(C)(C)C)C3)CCCC21C.C[C@@H](OCCC(C)(C)C)C1CCC2/C(=C/C=C3C[C@@H](O[Si](C)(C)C(C)(C)C)C(=CC=O)[C@H](O[Si](C)(C)C(C)(C)C)C3)CCCC21C. The zero-order chi connectivity index (χ0) is 69.9. The van der Waals surface area contributed by atoms with Crippen LogP contribution in [-0.2, 0) is 32.0 Å². The van der Waals surface area contributed by atoms with Crippen LogP contribution in [-0.4, -0.2) is 89.4 Å². The summed E-state index contributed by atoms with van der Waals surface area (Å²) >= 11 is 0. The van der Waals surface area contributed by atoms with Gasteiger partial charge >= 0.3 is 0 Å². The molecule has 0 amide bonds. The van der Waals surface area contributed by atoms with E-state index in [0.29, 0.717) is 57.5 Å². The molecule has 0 aromatic rings. The highest BCUT2D eigenvalue weighted by atomic mass is 28.4. The molecule has 0 aromatic carbocycles. The molecule has 0 spiro atoms. The van der Waals surface area contributed by atoms with Gasteiger partial charge in [0.05, 0.1) is 42.7 Å². The van der Waals surface area contributed by atoms with E-state index in [1.54, 1.807) is 23.3 Å². The van der Waals surface area contributed by atoms with Crippen molar-refractivity contribution in [3.8, 4) is 6.07 Å². The Kier molecular flexibility index (Phi) is 27.1. The summed E-state index contributed by atoms with van der Waals surface area (Å²) in [5, 5.41) is 10.3. The van der Waals surface area contributed by atoms with E-state index in [9.17, 15) is 10.1 Å². The molecule has 6 fully saturated rings. The molecule has 0 aliphatic heterocycles. The lowest BCUT2D eigenvalue weighted by molar-refractivity contribution is -0.104. The number of hydrogen-bond acceptors (Lipinski definition) is 8. The van der Waals surface area contributed by atoms with Gasteiger partial charge in [-0.15, -0.1) is 0 Å². The van der Waals surface area contributed by atoms with Crippen molar-refractivity contribution in [2.45, 2.75) is 364 Å². The molecule has 6 saturated carbocycles. The Balaban J connectivity index is 0.000000334. The first-order chi connectivity index (χ1) is 41.8. The third-order valence-corrected chi connectivity index (χ3v) is 43.4. The second kappa shape index (κ2) is 30.8. The Hall–Kier alpha value is -1.77. The highest BCUT2D eigenvalue weighted by Gasteiger charge is 2.54. The van der Waals surface area contributed by atoms with Crippen LogP contribution in [0.15, 0.2) is 69.9 Å². The molecule has 6 aliphatic carbocycles. The van der Waals surface area contributed by atoms with Crippen LogP contribution in [0.1, 0.15) is 255 Å². The number of hydrogen-bond donors (Lipinski definition) is 0. The predicted molar refractivity (Wildman–Crippen MR) is 402 cm³/mol. The molecule has 92 heavy (non-hydrogen) atoms. The summed E-state index contributed by atoms with van der Waals surface area (Å²) in [5.41, 5.74) is 9.37. The van der Waals surface area contributed by atoms with Crippen molar-refractivity contribution in [1.82, 2.24) is 0 Å². The molecule has 526 valence electrons. The summed E-state index contributed by atoms with van der Waals surface area (Å²) in [4.78, 5) is 12.0. The number of nitriles is 1. The normalized spacial score (nSPS) is 29.9. The predicted octanol–water partition coefficient (Wildman–Crippen LogP) is 23.5. The average Bonchev–Trinajstić information content (AvgIpc) is 1.53. The number of carbonyl (C=O) groups excluding carboxylic acids is 1. The summed E-state index contributed by atoms with van der Waals surface area (Å²) in [5.74, 6) is 2.49. The molecular formula is C80H143NO7Si4. The van der Waals surface area contributed by atoms with E-state index >= 15 is 0 Å². The minimum absolute atomic E-state index is 0.0809. The Morgan fingerprint density at radius 2 is 0.783 bits per heavy atom. The molecule has 0 N–H and O–H groups in total. The van der Waals surface area contributed by atoms with Crippen molar-refractivity contribution in [1.29, 1.82) is 5.26 Å². The molecular weight excluding hydrogens is 1200 g/mol. The van der Waals surface area contributed by atoms with Gasteiger partial charge in [0.2, 0.25) is 0 Å². The number of ether oxygens (including phenoxy) is 2. The largest absolute Gasteiger partial charge is 0.410 e. The lowest BCUT2D eigenvalue weighted by Crippen LogP contribution is -2.50. The molecule has 6 rings (SSSR count). The van der Waals surface area contributed by atoms with Gasteiger partial charge < -0.3 is 27.2 Å². The van der Waals surface area contributed by atoms with Crippen LogP contribution >= 0.6 is 0 Å². The fourth-order valence-corrected chi connectivity index (χ4v) is 20.4. The average molecular weight is 1340 g/mol. The standard InChI is InChI=1S/C40H71NO3Si2.C40H72O4Si2/c2*1-29(42-26-24-37(2,3)4)33-20-21-34-31(17-16-23-40(33,34)11)19-18-30-27-35(43-45(12,13)38(5,6)7)32(22-25-41)36(28-30)44-46(14,15)39(8,9)10/h18-19,22,29,33-36H,16-17,20-21,23-24,26-28H2,1-15H3;18-19,22,25,29,33-36H,16-17,20-21,23-24,26-28H2,1-15H3/b2*30-18?,31-19+,32-22?/t2*29-,33?,34?,35-,36-,40?/m11/s1. The highest BCUT2D eigenvalue weighted by Crippen LogP contribution is 2.61. The van der Waals surface area contributed by atoms with Gasteiger partial charge in [0.1, 0.15) is 6.29 Å². The molecule has 12 atom stereocenters. The van der Waals surface area contributed by atoms with Crippen LogP contribution in [0, 0.1) is 56.7 Å². The van der Waals surface area contributed by atoms with Crippen LogP contribution < -0.4 is 0 Å². The third kappa shape index (κ3) is 20.7. The van der Waals surface area contributed by atoms with E-state index in [1.165, 1.54) is 75.4 Å². The van der Waals surface area contributed by atoms with E-state index in [4.69, 9.17) is 27.2 Å². The second-order valence-electron chi connectivity index (χ2n) is 39.0. The first-order valence-corrected chi connectivity index (χ1v) is 48.4. The summed E-state index contributed by atoms with van der Waals surface area (Å²) < 4.78 is 41.5. The Morgan fingerprint density at radius 3 is 1.05 bits per heavy atom. The molecule has 6 aliphatic rings. The summed E-state index contributed by atoms with van der Waals surface area (Å²) in [6, 6.07) is 2.37. The maximum Gasteiger partial charge on any atom is 0.192 e. The third-order valence-electron chi connectivity index (χ3n) is 25.5. The van der Waals surface area contributed by atoms with Crippen molar-refractivity contribution in [2.75, 3.05) is 13.2 Å². The molecule has 0 saturated heterocycles. The van der Waals surface area contributed by atoms with Crippen molar-refractivity contribution in [3.63, 3.8) is 0 Å². The zero-order valence-electron chi connectivity index (χ0n) is 65.3. The first kappa shape index (κ1) is 80.9. The van der Waals surface area contributed by atoms with Gasteiger partial charge in [-0.3, -0.25) is 4.79 Å². The highest BCUT2D eigenvalue weighted by molar-refractivity contribution is 6.75. The number of fused-ring (bicyclic) bond motifs is 2. The van der Waals surface area contributed by atoms with E-state index in [0.717, 1.165) is 69.2 Å². The van der Waals surface area contributed by atoms with Crippen LogP contribution in [0.5, 0.6) is 0 Å². The maximum atomic E-state index is 12.0. The molecule has 6 unspecified atom stereocenters. The van der Waals surface area contributed by atoms with Gasteiger partial charge in [-0.1, -0.05) is 185 Å². The lowest BCUT2D eigenvalue weighted by atomic mass is 9.62. The van der Waals surface area contributed by atoms with E-state index in [2.05, 4.69) is 235 Å². The minimum Gasteiger partial charge on any atom is -0.410 e. The lowest BCUT2D eigenvalue weighted by Gasteiger charge is -2.46. The van der Waals surface area contributed by atoms with Crippen molar-refractivity contribution in [3.05, 3.63) is 69.9 Å². The number of nitrogens with zero attached hydrogens (tertiary/aromatic N) is 1. The van der Waals surface area contributed by atoms with E-state index in [-0.39, 0.29) is 44.6 Å². The monoisotopic (exact) mass is 1340 g/mol. The van der Waals surface area contributed by atoms with Gasteiger partial charge in [-0.2, -0.15) is 5.26 Å². The quantitative estimate of drug-likeness (QED) is 0.0546. The van der Waals surface area contributed by atoms with Gasteiger partial charge in [-0.25, -0.2) is 0 Å². The van der Waals surface area contributed by atoms with E-state index < -0.39 is 33.3 Å². The maximum absolute atomic E-state index is 12.0. The van der Waals surface area contributed by atoms with Gasteiger partial charge in [-0.05, 0) is 252 Å². The topological polar surface area (TPSA) is 96.2 Å². The van der Waals surface area contributed by atoms with E-state index in [1.807, 2.05) is 0 Å². The molecule has 0 radical (unpaired) electrons. The van der Waals surface area contributed by atoms with Gasteiger partial charge in [0.15, 0.2) is 33.3 Å². The smallest absolute Gasteiger partial charge is 0.192 e. The second-order valence-corrected chi connectivity index (χ2v) is 58.0. The van der Waals surface area contributed by atoms with Crippen LogP contribution in [0.4, 0.5) is 0 Å². The van der Waals surface area contributed by atoms with Gasteiger partial charge in [0.25, 0.3) is 0 Å². The number of carbonyl (C=O) groups is 1. The van der Waals surface area contributed by atoms with Gasteiger partial charge in [0, 0.05) is 19.3 Å². The number of aldehydes is 1. The van der Waals surface area contributed by atoms with Crippen LogP contribution in [0.25, 0.3) is 0 Å². The summed E-state index contributed by atoms with van der Waals surface area (Å²) in [7, 11) is -8.37. The molecule has 8 nitrogen and oxygen atoms in total. The minimum atomic E-state index is -2.09. The van der Waals surface area contributed by atoms with Crippen molar-refractivity contribution >= 4 is 39.6 Å². The van der Waals surface area contributed by atoms with Crippen LogP contribution in [0.3, 0.4) is 0 Å². The first-order valence-electron chi connectivity index (χ1n) is 36.8. The Bertz CT molecular complexity index is 2610. The number of allylic oxidation sites excluding steroid dienone is 8. The molecule has 12 heteroatoms. The molecule has 0 heterocycles. The van der Waals surface area contributed by atoms with Crippen molar-refractivity contribution in [2.24, 2.45) is 45.3 Å². The summed E-state index contributed by atoms with van der Waals surface area (Å²) in [6.45, 7) is 71.4. The van der Waals surface area contributed by atoms with Crippen LogP contribution in [0.2, 0.25) is 72.5 Å². The summed E-state index contributed by atoms with van der Waals surface area (Å²) in [6.07, 6.45) is 32.6.